The summed E-state index contributed by atoms with van der Waals surface area (Å²) >= 11 is 0. The Hall–Kier alpha value is -6.56. The average molecular weight is 859 g/mol. The van der Waals surface area contributed by atoms with Crippen molar-refractivity contribution in [1.82, 2.24) is 25.3 Å². The Morgan fingerprint density at radius 2 is 1.65 bits per heavy atom. The van der Waals surface area contributed by atoms with E-state index in [1.165, 1.54) is 12.1 Å². The number of nitrogens with one attached hydrogen (secondary N) is 4. The van der Waals surface area contributed by atoms with E-state index in [-0.39, 0.29) is 54.5 Å². The number of hydrogen-bond donors (Lipinski definition) is 4. The topological polar surface area (TPSA) is 182 Å². The highest BCUT2D eigenvalue weighted by Gasteiger charge is 2.49. The molecular formula is C46H44F2N8O7. The average Bonchev–Trinajstić information content (AvgIpc) is 3.98. The first-order valence-electron chi connectivity index (χ1n) is 21.2. The van der Waals surface area contributed by atoms with Gasteiger partial charge in [0.2, 0.25) is 11.8 Å². The molecule has 0 bridgehead atoms. The van der Waals surface area contributed by atoms with E-state index >= 15 is 0 Å². The summed E-state index contributed by atoms with van der Waals surface area (Å²) in [5, 5.41) is 16.9. The number of rotatable bonds is 11. The Bertz CT molecular complexity index is 2650. The van der Waals surface area contributed by atoms with Gasteiger partial charge in [-0.1, -0.05) is 18.2 Å². The summed E-state index contributed by atoms with van der Waals surface area (Å²) in [4.78, 5) is 71.9. The van der Waals surface area contributed by atoms with Gasteiger partial charge in [-0.3, -0.25) is 44.2 Å². The molecule has 15 nitrogen and oxygen atoms in total. The van der Waals surface area contributed by atoms with Crippen LogP contribution >= 0.6 is 0 Å². The Morgan fingerprint density at radius 3 is 2.40 bits per heavy atom. The van der Waals surface area contributed by atoms with Crippen LogP contribution in [0.3, 0.4) is 0 Å². The number of carbonyl (C=O) groups is 5. The minimum absolute atomic E-state index is 0.0403. The van der Waals surface area contributed by atoms with Crippen LogP contribution in [0.25, 0.3) is 10.9 Å². The first kappa shape index (κ1) is 40.5. The van der Waals surface area contributed by atoms with Crippen LogP contribution in [-0.2, 0) is 25.5 Å². The molecule has 4 fully saturated rings. The lowest BCUT2D eigenvalue weighted by Gasteiger charge is -2.40. The summed E-state index contributed by atoms with van der Waals surface area (Å²) in [7, 11) is 0. The molecule has 324 valence electrons. The van der Waals surface area contributed by atoms with Crippen LogP contribution in [0.15, 0.2) is 72.8 Å². The second-order valence-corrected chi connectivity index (χ2v) is 16.7. The van der Waals surface area contributed by atoms with Crippen LogP contribution < -0.4 is 20.9 Å². The van der Waals surface area contributed by atoms with Gasteiger partial charge in [-0.2, -0.15) is 5.10 Å². The van der Waals surface area contributed by atoms with Gasteiger partial charge >= 0.3 is 0 Å². The van der Waals surface area contributed by atoms with Gasteiger partial charge in [-0.05, 0) is 90.9 Å². The smallest absolute Gasteiger partial charge is 0.262 e. The highest BCUT2D eigenvalue weighted by molar-refractivity contribution is 6.24. The molecule has 4 saturated heterocycles. The molecule has 5 aromatic rings. The molecular weight excluding hydrogens is 815 g/mol. The summed E-state index contributed by atoms with van der Waals surface area (Å²) in [5.74, 6) is -3.50. The van der Waals surface area contributed by atoms with Crippen molar-refractivity contribution in [3.8, 4) is 0 Å². The molecule has 3 atom stereocenters. The molecule has 0 aliphatic carbocycles. The van der Waals surface area contributed by atoms with Gasteiger partial charge in [-0.25, -0.2) is 8.78 Å². The molecule has 5 amide bonds. The lowest BCUT2D eigenvalue weighted by atomic mass is 9.93. The van der Waals surface area contributed by atoms with E-state index in [4.69, 9.17) is 9.47 Å². The fraction of sp³-hybridized carbons (Fsp3) is 0.348. The predicted octanol–water partition coefficient (Wildman–Crippen LogP) is 4.94. The zero-order valence-electron chi connectivity index (χ0n) is 34.1. The van der Waals surface area contributed by atoms with Crippen molar-refractivity contribution >= 4 is 57.6 Å². The van der Waals surface area contributed by atoms with Crippen molar-refractivity contribution < 1.29 is 42.2 Å². The molecule has 4 N–H and O–H groups in total. The van der Waals surface area contributed by atoms with Crippen LogP contribution in [0.5, 0.6) is 0 Å². The van der Waals surface area contributed by atoms with Crippen LogP contribution in [0.4, 0.5) is 26.0 Å². The maximum Gasteiger partial charge on any atom is 0.262 e. The van der Waals surface area contributed by atoms with Crippen LogP contribution in [0.1, 0.15) is 79.5 Å². The number of amides is 5. The van der Waals surface area contributed by atoms with Crippen molar-refractivity contribution in [2.45, 2.75) is 56.3 Å². The molecule has 1 aromatic heterocycles. The lowest BCUT2D eigenvalue weighted by Crippen LogP contribution is -2.54. The standard InChI is InChI=1S/C46H44F2N8O7/c47-27-19-26(20-28(48)22-27)18-25-4-7-35-34(21-25)42(53-52-35)51-43(58)31-6-5-30(23-36(31)49-29-10-16-62-17-11-29)54-12-14-55(15-13-54)41(38-24-63-38)32-2-1-3-33-40(32)46(61)56(45(33)60)37-8-9-39(57)50-44(37)59/h1-7,19-23,29,37-38,41,49H,8-18,24H2,(H,50,57,59)(H2,51,52,53,58). The van der Waals surface area contributed by atoms with Crippen molar-refractivity contribution in [2.75, 3.05) is 61.5 Å². The monoisotopic (exact) mass is 858 g/mol. The number of aromatic nitrogens is 2. The van der Waals surface area contributed by atoms with Gasteiger partial charge in [0.05, 0.1) is 34.9 Å². The predicted molar refractivity (Wildman–Crippen MR) is 226 cm³/mol. The number of anilines is 3. The maximum absolute atomic E-state index is 14.1. The number of ether oxygens (including phenoxy) is 2. The van der Waals surface area contributed by atoms with Crippen molar-refractivity contribution in [1.29, 1.82) is 0 Å². The first-order valence-corrected chi connectivity index (χ1v) is 21.2. The highest BCUT2D eigenvalue weighted by atomic mass is 19.1. The number of piperidine rings is 1. The number of epoxide rings is 1. The van der Waals surface area contributed by atoms with Gasteiger partial charge in [0, 0.05) is 74.7 Å². The first-order chi connectivity index (χ1) is 30.6. The molecule has 6 heterocycles. The van der Waals surface area contributed by atoms with E-state index in [1.54, 1.807) is 12.1 Å². The largest absolute Gasteiger partial charge is 0.381 e. The van der Waals surface area contributed by atoms with Crippen LogP contribution in [-0.4, -0.2) is 114 Å². The second kappa shape index (κ2) is 16.6. The minimum atomic E-state index is -1.06. The van der Waals surface area contributed by atoms with E-state index in [1.807, 2.05) is 42.5 Å². The summed E-state index contributed by atoms with van der Waals surface area (Å²) in [6.07, 6.45) is 1.78. The third-order valence-corrected chi connectivity index (χ3v) is 12.6. The molecule has 4 aromatic carbocycles. The molecule has 10 rings (SSSR count). The number of hydrogen-bond acceptors (Lipinski definition) is 11. The van der Waals surface area contributed by atoms with Gasteiger partial charge in [-0.15, -0.1) is 0 Å². The normalized spacial score (nSPS) is 21.1. The summed E-state index contributed by atoms with van der Waals surface area (Å²) in [5.41, 5.74) is 5.18. The number of benzene rings is 4. The van der Waals surface area contributed by atoms with E-state index in [2.05, 4.69) is 35.9 Å². The maximum atomic E-state index is 14.1. The zero-order valence-corrected chi connectivity index (χ0v) is 34.1. The minimum Gasteiger partial charge on any atom is -0.381 e. The lowest BCUT2D eigenvalue weighted by molar-refractivity contribution is -0.136. The number of fused-ring (bicyclic) bond motifs is 2. The third kappa shape index (κ3) is 8.03. The molecule has 0 saturated carbocycles. The van der Waals surface area contributed by atoms with E-state index in [0.29, 0.717) is 85.1 Å². The third-order valence-electron chi connectivity index (χ3n) is 12.6. The van der Waals surface area contributed by atoms with Gasteiger partial charge in [0.25, 0.3) is 17.7 Å². The Balaban J connectivity index is 0.869. The molecule has 0 radical (unpaired) electrons. The van der Waals surface area contributed by atoms with Crippen molar-refractivity contribution in [3.05, 3.63) is 118 Å². The number of piperazine rings is 1. The molecule has 5 aliphatic rings. The summed E-state index contributed by atoms with van der Waals surface area (Å²) in [6.45, 7) is 4.19. The quantitative estimate of drug-likeness (QED) is 0.104. The summed E-state index contributed by atoms with van der Waals surface area (Å²) < 4.78 is 39.3. The summed E-state index contributed by atoms with van der Waals surface area (Å²) in [6, 6.07) is 18.6. The molecule has 3 unspecified atom stereocenters. The second-order valence-electron chi connectivity index (χ2n) is 16.7. The van der Waals surface area contributed by atoms with Crippen molar-refractivity contribution in [3.63, 3.8) is 0 Å². The van der Waals surface area contributed by atoms with Gasteiger partial charge in [0.1, 0.15) is 23.8 Å². The van der Waals surface area contributed by atoms with Crippen molar-refractivity contribution in [2.24, 2.45) is 0 Å². The Morgan fingerprint density at radius 1 is 0.873 bits per heavy atom. The zero-order chi connectivity index (χ0) is 43.4. The fourth-order valence-electron chi connectivity index (χ4n) is 9.41. The van der Waals surface area contributed by atoms with Gasteiger partial charge < -0.3 is 25.0 Å². The molecule has 17 heteroatoms. The van der Waals surface area contributed by atoms with E-state index in [9.17, 15) is 32.8 Å². The number of carbonyl (C=O) groups excluding carboxylic acids is 5. The van der Waals surface area contributed by atoms with E-state index in [0.717, 1.165) is 35.1 Å². The number of imide groups is 2. The van der Waals surface area contributed by atoms with Crippen LogP contribution in [0, 0.1) is 11.6 Å². The molecule has 63 heavy (non-hydrogen) atoms. The van der Waals surface area contributed by atoms with Crippen LogP contribution in [0.2, 0.25) is 0 Å². The Labute approximate surface area is 360 Å². The highest BCUT2D eigenvalue weighted by Crippen LogP contribution is 2.40. The molecule has 5 aliphatic heterocycles. The van der Waals surface area contributed by atoms with Gasteiger partial charge in [0.15, 0.2) is 5.82 Å². The molecule has 0 spiro atoms. The number of H-pyrrole nitrogens is 1. The number of halogens is 2. The fourth-order valence-corrected chi connectivity index (χ4v) is 9.41. The Kier molecular flexibility index (Phi) is 10.7. The number of aromatic amines is 1. The van der Waals surface area contributed by atoms with E-state index < -0.39 is 41.3 Å². The SMILES string of the molecule is O=C1CCC(N2C(=O)c3cccc(C(C4CO4)N4CCN(c5ccc(C(=O)Nc6n[nH]c7ccc(Cc8cc(F)cc(F)c8)cc67)c(NC6CCOCC6)c5)CC4)c3C2=O)C(=O)N1. The number of nitrogens with zero attached hydrogens (tertiary/aromatic N) is 4.